The molecule has 4 N–H and O–H groups in total. The van der Waals surface area contributed by atoms with Crippen LogP contribution in [0, 0.1) is 0 Å². The van der Waals surface area contributed by atoms with Crippen LogP contribution in [0.1, 0.15) is 16.4 Å². The van der Waals surface area contributed by atoms with Crippen LogP contribution >= 0.6 is 0 Å². The number of halogens is 1. The van der Waals surface area contributed by atoms with Crippen molar-refractivity contribution in [2.45, 2.75) is 5.25 Å². The van der Waals surface area contributed by atoms with E-state index in [0.717, 1.165) is 0 Å². The maximum absolute atomic E-state index is 5.63. The molecule has 0 aromatic heterocycles. The summed E-state index contributed by atoms with van der Waals surface area (Å²) in [5.74, 6) is 0. The molecule has 0 aliphatic rings. The average Bonchev–Trinajstić information content (AvgIpc) is 2.38. The minimum absolute atomic E-state index is 0. The van der Waals surface area contributed by atoms with Gasteiger partial charge in [-0.2, -0.15) is 0 Å². The topological polar surface area (TPSA) is 52.0 Å². The van der Waals surface area contributed by atoms with Crippen molar-refractivity contribution in [2.24, 2.45) is 11.5 Å². The molecule has 2 nitrogen and oxygen atoms in total. The van der Waals surface area contributed by atoms with Crippen molar-refractivity contribution in [1.82, 2.24) is 0 Å². The highest BCUT2D eigenvalue weighted by molar-refractivity contribution is 7.79. The minimum atomic E-state index is 0. The monoisotopic (exact) mass is 322 g/mol. The number of rotatable bonds is 3. The smallest absolute Gasteiger partial charge is 0.315 e. The first-order valence-electron chi connectivity index (χ1n) is 5.42. The molecule has 2 aromatic carbocycles. The van der Waals surface area contributed by atoms with Crippen LogP contribution in [0.2, 0.25) is 0 Å². The summed E-state index contributed by atoms with van der Waals surface area (Å²) in [5.41, 5.74) is 13.7. The Balaban J connectivity index is 0.00000162. The van der Waals surface area contributed by atoms with Crippen LogP contribution in [-0.2, 0) is 11.4 Å². The number of benzene rings is 2. The molecule has 0 atom stereocenters. The first kappa shape index (κ1) is 15.0. The predicted octanol–water partition coefficient (Wildman–Crippen LogP) is -1.13. The predicted molar refractivity (Wildman–Crippen MR) is 75.5 cm³/mol. The fraction of sp³-hybridized carbons (Fsp3) is 0.0714. The fourth-order valence-electron chi connectivity index (χ4n) is 1.72. The lowest BCUT2D eigenvalue weighted by atomic mass is 10.0. The molecule has 0 fully saturated rings. The largest absolute Gasteiger partial charge is 1.00 e. The van der Waals surface area contributed by atoms with E-state index in [0.29, 0.717) is 5.11 Å². The van der Waals surface area contributed by atoms with E-state index in [1.165, 1.54) is 22.5 Å². The third kappa shape index (κ3) is 3.99. The molecule has 2 rings (SSSR count). The van der Waals surface area contributed by atoms with Gasteiger partial charge in [0.1, 0.15) is 0 Å². The van der Waals surface area contributed by atoms with Crippen molar-refractivity contribution >= 4 is 16.5 Å². The van der Waals surface area contributed by atoms with Gasteiger partial charge >= 0.3 is 5.11 Å². The molecular formula is C14H15BrN2S. The van der Waals surface area contributed by atoms with Crippen molar-refractivity contribution in [3.63, 3.8) is 0 Å². The molecule has 0 saturated carbocycles. The van der Waals surface area contributed by atoms with E-state index < -0.39 is 0 Å². The Labute approximate surface area is 122 Å². The third-order valence-electron chi connectivity index (χ3n) is 2.46. The van der Waals surface area contributed by atoms with Crippen molar-refractivity contribution < 1.29 is 17.0 Å². The van der Waals surface area contributed by atoms with Crippen LogP contribution in [0.15, 0.2) is 60.7 Å². The summed E-state index contributed by atoms with van der Waals surface area (Å²) in [6.45, 7) is 0. The van der Waals surface area contributed by atoms with Gasteiger partial charge in [-0.15, -0.1) is 0 Å². The van der Waals surface area contributed by atoms with Crippen LogP contribution in [0.5, 0.6) is 0 Å². The lowest BCUT2D eigenvalue weighted by molar-refractivity contribution is -0.00000354. The first-order valence-corrected chi connectivity index (χ1v) is 6.30. The van der Waals surface area contributed by atoms with E-state index in [4.69, 9.17) is 11.5 Å². The van der Waals surface area contributed by atoms with Gasteiger partial charge in [-0.25, -0.2) is 11.5 Å². The zero-order chi connectivity index (χ0) is 12.1. The quantitative estimate of drug-likeness (QED) is 0.555. The zero-order valence-electron chi connectivity index (χ0n) is 9.79. The molecule has 4 heteroatoms. The highest BCUT2D eigenvalue weighted by atomic mass is 79.9. The molecule has 0 spiro atoms. The Morgan fingerprint density at radius 2 is 1.17 bits per heavy atom. The molecule has 0 aliphatic carbocycles. The van der Waals surface area contributed by atoms with E-state index >= 15 is 0 Å². The average molecular weight is 323 g/mol. The summed E-state index contributed by atoms with van der Waals surface area (Å²) in [4.78, 5) is 0. The zero-order valence-corrected chi connectivity index (χ0v) is 12.2. The van der Waals surface area contributed by atoms with Crippen LogP contribution in [0.25, 0.3) is 0 Å². The van der Waals surface area contributed by atoms with Crippen molar-refractivity contribution in [3.8, 4) is 0 Å². The summed E-state index contributed by atoms with van der Waals surface area (Å²) in [6.07, 6.45) is 0. The Kier molecular flexibility index (Phi) is 6.15. The van der Waals surface area contributed by atoms with Crippen molar-refractivity contribution in [1.29, 1.82) is 0 Å². The van der Waals surface area contributed by atoms with Gasteiger partial charge in [0, 0.05) is 11.1 Å². The second kappa shape index (κ2) is 7.38. The molecule has 0 unspecified atom stereocenters. The van der Waals surface area contributed by atoms with Gasteiger partial charge in [0.15, 0.2) is 0 Å². The molecule has 0 aliphatic heterocycles. The van der Waals surface area contributed by atoms with Gasteiger partial charge in [0.25, 0.3) is 0 Å². The minimum Gasteiger partial charge on any atom is -1.00 e. The molecule has 0 saturated heterocycles. The Hall–Kier alpha value is -1.07. The fourth-order valence-corrected chi connectivity index (χ4v) is 2.58. The van der Waals surface area contributed by atoms with Gasteiger partial charge in [0.05, 0.1) is 0 Å². The third-order valence-corrected chi connectivity index (χ3v) is 3.51. The van der Waals surface area contributed by atoms with E-state index in [9.17, 15) is 0 Å². The normalized spacial score (nSPS) is 9.72. The maximum Gasteiger partial charge on any atom is 0.315 e. The second-order valence-corrected chi connectivity index (χ2v) is 4.90. The Morgan fingerprint density at radius 1 is 0.778 bits per heavy atom. The van der Waals surface area contributed by atoms with Crippen LogP contribution in [-0.4, -0.2) is 5.11 Å². The van der Waals surface area contributed by atoms with Crippen molar-refractivity contribution in [2.75, 3.05) is 0 Å². The van der Waals surface area contributed by atoms with Crippen LogP contribution in [0.3, 0.4) is 0 Å². The highest BCUT2D eigenvalue weighted by Gasteiger charge is 2.23. The summed E-state index contributed by atoms with van der Waals surface area (Å²) < 4.78 is 0. The van der Waals surface area contributed by atoms with Gasteiger partial charge in [0.2, 0.25) is 16.6 Å². The number of hydrogen-bond acceptors (Lipinski definition) is 0. The molecule has 2 aromatic rings. The van der Waals surface area contributed by atoms with Crippen molar-refractivity contribution in [3.05, 3.63) is 71.8 Å². The van der Waals surface area contributed by atoms with Gasteiger partial charge in [-0.1, -0.05) is 60.7 Å². The maximum atomic E-state index is 5.63. The summed E-state index contributed by atoms with van der Waals surface area (Å²) in [5, 5.41) is 0.546. The summed E-state index contributed by atoms with van der Waals surface area (Å²) >= 11 is 1.48. The highest BCUT2D eigenvalue weighted by Crippen LogP contribution is 2.23. The molecule has 0 heterocycles. The summed E-state index contributed by atoms with van der Waals surface area (Å²) in [6, 6.07) is 20.5. The molecule has 0 amide bonds. The van der Waals surface area contributed by atoms with Crippen LogP contribution in [0.4, 0.5) is 0 Å². The van der Waals surface area contributed by atoms with Gasteiger partial charge < -0.3 is 17.0 Å². The Bertz CT molecular complexity index is 456. The first-order chi connectivity index (χ1) is 8.27. The Morgan fingerprint density at radius 3 is 1.50 bits per heavy atom. The molecule has 0 bridgehead atoms. The molecule has 0 radical (unpaired) electrons. The second-order valence-electron chi connectivity index (χ2n) is 3.72. The number of nitrogens with two attached hydrogens (primary N) is 2. The molecule has 94 valence electrons. The number of hydrogen-bond donors (Lipinski definition) is 2. The lowest BCUT2D eigenvalue weighted by Crippen LogP contribution is -3.00. The lowest BCUT2D eigenvalue weighted by Gasteiger charge is -2.04. The molecule has 18 heavy (non-hydrogen) atoms. The standard InChI is InChI=1S/C14H15N2S.BrH/c15-14(16)17-13(11-7-3-1-4-8-11)12-9-5-2-6-10-12;/h1-10,13H,15-16H2;1H/q+1;/p-1. The summed E-state index contributed by atoms with van der Waals surface area (Å²) in [7, 11) is 0. The van der Waals surface area contributed by atoms with E-state index in [1.54, 1.807) is 0 Å². The molecular weight excluding hydrogens is 308 g/mol. The van der Waals surface area contributed by atoms with E-state index in [-0.39, 0.29) is 22.2 Å². The SMILES string of the molecule is NC(N)=[S+]C(c1ccccc1)c1ccccc1.[Br-]. The van der Waals surface area contributed by atoms with E-state index in [1.807, 2.05) is 36.4 Å². The van der Waals surface area contributed by atoms with Gasteiger partial charge in [-0.05, 0) is 0 Å². The van der Waals surface area contributed by atoms with Gasteiger partial charge in [-0.3, -0.25) is 0 Å². The van der Waals surface area contributed by atoms with Crippen LogP contribution < -0.4 is 28.4 Å². The van der Waals surface area contributed by atoms with E-state index in [2.05, 4.69) is 24.3 Å².